The molecule has 112 valence electrons. The Morgan fingerprint density at radius 3 is 2.57 bits per heavy atom. The lowest BCUT2D eigenvalue weighted by Gasteiger charge is -2.11. The maximum absolute atomic E-state index is 11.6. The lowest BCUT2D eigenvalue weighted by atomic mass is 10.2. The third-order valence-corrected chi connectivity index (χ3v) is 2.77. The topological polar surface area (TPSA) is 84.5 Å². The molecule has 0 saturated carbocycles. The van der Waals surface area contributed by atoms with Crippen molar-refractivity contribution in [2.24, 2.45) is 0 Å². The van der Waals surface area contributed by atoms with Crippen LogP contribution in [0.25, 0.3) is 6.08 Å². The van der Waals surface area contributed by atoms with Gasteiger partial charge in [0.2, 0.25) is 0 Å². The van der Waals surface area contributed by atoms with Crippen molar-refractivity contribution in [2.45, 2.75) is 13.0 Å². The van der Waals surface area contributed by atoms with Crippen LogP contribution in [0, 0.1) is 0 Å². The van der Waals surface area contributed by atoms with Gasteiger partial charge < -0.3 is 10.1 Å². The zero-order valence-corrected chi connectivity index (χ0v) is 12.3. The van der Waals surface area contributed by atoms with Gasteiger partial charge in [0.1, 0.15) is 0 Å². The fourth-order valence-electron chi connectivity index (χ4n) is 1.31. The highest BCUT2D eigenvalue weighted by molar-refractivity contribution is 6.32. The Labute approximate surface area is 127 Å². The summed E-state index contributed by atoms with van der Waals surface area (Å²) in [5.74, 6) is -1.43. The predicted octanol–water partition coefficient (Wildman–Crippen LogP) is 1.74. The Balaban J connectivity index is 2.55. The number of imide groups is 1. The Hall–Kier alpha value is -2.34. The second-order valence-corrected chi connectivity index (χ2v) is 4.41. The fourth-order valence-corrected chi connectivity index (χ4v) is 1.51. The number of ether oxygens (including phenoxy) is 1. The molecule has 1 rings (SSSR count). The van der Waals surface area contributed by atoms with E-state index in [1.54, 1.807) is 24.3 Å². The number of esters is 1. The molecule has 0 saturated heterocycles. The second-order valence-electron chi connectivity index (χ2n) is 4.00. The number of carbonyl (C=O) groups is 3. The van der Waals surface area contributed by atoms with Crippen LogP contribution in [0.4, 0.5) is 4.79 Å². The summed E-state index contributed by atoms with van der Waals surface area (Å²) in [4.78, 5) is 34.0. The summed E-state index contributed by atoms with van der Waals surface area (Å²) in [6, 6.07) is 6.29. The monoisotopic (exact) mass is 310 g/mol. The molecule has 1 aromatic rings. The molecule has 0 heterocycles. The first-order chi connectivity index (χ1) is 9.93. The van der Waals surface area contributed by atoms with Crippen LogP contribution < -0.4 is 10.6 Å². The smallest absolute Gasteiger partial charge is 0.331 e. The van der Waals surface area contributed by atoms with Gasteiger partial charge in [0.15, 0.2) is 6.10 Å². The Bertz CT molecular complexity index is 572. The summed E-state index contributed by atoms with van der Waals surface area (Å²) < 4.78 is 4.86. The van der Waals surface area contributed by atoms with E-state index in [0.717, 1.165) is 6.08 Å². The van der Waals surface area contributed by atoms with E-state index in [1.807, 2.05) is 5.32 Å². The lowest BCUT2D eigenvalue weighted by molar-refractivity contribution is -0.149. The Morgan fingerprint density at radius 1 is 1.29 bits per heavy atom. The zero-order valence-electron chi connectivity index (χ0n) is 11.6. The van der Waals surface area contributed by atoms with Gasteiger partial charge >= 0.3 is 12.0 Å². The van der Waals surface area contributed by atoms with Crippen LogP contribution in [0.1, 0.15) is 12.5 Å². The number of benzene rings is 1. The fraction of sp³-hybridized carbons (Fsp3) is 0.214. The van der Waals surface area contributed by atoms with Crippen molar-refractivity contribution in [3.05, 3.63) is 40.9 Å². The van der Waals surface area contributed by atoms with Gasteiger partial charge in [0.25, 0.3) is 5.91 Å². The van der Waals surface area contributed by atoms with Gasteiger partial charge in [0.05, 0.1) is 0 Å². The molecule has 2 N–H and O–H groups in total. The highest BCUT2D eigenvalue weighted by atomic mass is 35.5. The van der Waals surface area contributed by atoms with Crippen molar-refractivity contribution in [3.8, 4) is 0 Å². The standard InChI is InChI=1S/C14H15ClN2O4/c1-9(13(19)17-14(20)16-2)21-12(18)8-7-10-5-3-4-6-11(10)15/h3-9H,1-2H3,(H2,16,17,19,20)/b8-7+/t9-/m1/s1. The maximum Gasteiger partial charge on any atom is 0.331 e. The zero-order chi connectivity index (χ0) is 15.8. The molecule has 7 heteroatoms. The molecule has 0 unspecified atom stereocenters. The highest BCUT2D eigenvalue weighted by Crippen LogP contribution is 2.16. The third-order valence-electron chi connectivity index (χ3n) is 2.43. The molecule has 3 amide bonds. The quantitative estimate of drug-likeness (QED) is 0.655. The first-order valence-electron chi connectivity index (χ1n) is 6.10. The van der Waals surface area contributed by atoms with Crippen molar-refractivity contribution >= 4 is 35.6 Å². The molecule has 0 aromatic heterocycles. The molecule has 0 radical (unpaired) electrons. The minimum atomic E-state index is -1.09. The summed E-state index contributed by atoms with van der Waals surface area (Å²) >= 11 is 5.93. The molecule has 0 fully saturated rings. The molecule has 0 bridgehead atoms. The summed E-state index contributed by atoms with van der Waals surface area (Å²) in [7, 11) is 1.37. The number of hydrogen-bond acceptors (Lipinski definition) is 4. The van der Waals surface area contributed by atoms with Crippen LogP contribution in [0.3, 0.4) is 0 Å². The number of nitrogens with one attached hydrogen (secondary N) is 2. The first kappa shape index (κ1) is 16.7. The number of amides is 3. The van der Waals surface area contributed by atoms with Crippen LogP contribution in [-0.4, -0.2) is 31.1 Å². The summed E-state index contributed by atoms with van der Waals surface area (Å²) in [6.45, 7) is 1.36. The largest absolute Gasteiger partial charge is 0.449 e. The average molecular weight is 311 g/mol. The average Bonchev–Trinajstić information content (AvgIpc) is 2.46. The van der Waals surface area contributed by atoms with E-state index >= 15 is 0 Å². The minimum Gasteiger partial charge on any atom is -0.449 e. The number of halogens is 1. The maximum atomic E-state index is 11.6. The van der Waals surface area contributed by atoms with E-state index in [-0.39, 0.29) is 0 Å². The third kappa shape index (κ3) is 5.66. The Kier molecular flexibility index (Phi) is 6.42. The highest BCUT2D eigenvalue weighted by Gasteiger charge is 2.18. The van der Waals surface area contributed by atoms with Gasteiger partial charge in [-0.2, -0.15) is 0 Å². The molecule has 1 atom stereocenters. The van der Waals surface area contributed by atoms with Crippen molar-refractivity contribution in [3.63, 3.8) is 0 Å². The van der Waals surface area contributed by atoms with Crippen molar-refractivity contribution in [1.82, 2.24) is 10.6 Å². The first-order valence-corrected chi connectivity index (χ1v) is 6.47. The van der Waals surface area contributed by atoms with Gasteiger partial charge in [-0.25, -0.2) is 9.59 Å². The molecule has 1 aromatic carbocycles. The van der Waals surface area contributed by atoms with Crippen LogP contribution >= 0.6 is 11.6 Å². The molecule has 6 nitrogen and oxygen atoms in total. The van der Waals surface area contributed by atoms with E-state index in [1.165, 1.54) is 20.0 Å². The Morgan fingerprint density at radius 2 is 1.95 bits per heavy atom. The summed E-state index contributed by atoms with van der Waals surface area (Å²) in [6.07, 6.45) is 1.55. The summed E-state index contributed by atoms with van der Waals surface area (Å²) in [5, 5.41) is 4.72. The van der Waals surface area contributed by atoms with E-state index in [4.69, 9.17) is 16.3 Å². The predicted molar refractivity (Wildman–Crippen MR) is 78.6 cm³/mol. The number of urea groups is 1. The molecule has 0 aliphatic heterocycles. The van der Waals surface area contributed by atoms with Crippen LogP contribution in [0.5, 0.6) is 0 Å². The van der Waals surface area contributed by atoms with Gasteiger partial charge in [-0.15, -0.1) is 0 Å². The number of rotatable bonds is 4. The minimum absolute atomic E-state index is 0.493. The molecule has 0 aliphatic carbocycles. The van der Waals surface area contributed by atoms with Gasteiger partial charge in [-0.3, -0.25) is 10.1 Å². The summed E-state index contributed by atoms with van der Waals surface area (Å²) in [5.41, 5.74) is 0.651. The van der Waals surface area contributed by atoms with E-state index in [2.05, 4.69) is 5.32 Å². The molecule has 0 spiro atoms. The SMILES string of the molecule is CNC(=O)NC(=O)[C@@H](C)OC(=O)/C=C/c1ccccc1Cl. The van der Waals surface area contributed by atoms with E-state index in [9.17, 15) is 14.4 Å². The molecule has 21 heavy (non-hydrogen) atoms. The van der Waals surface area contributed by atoms with E-state index < -0.39 is 24.0 Å². The normalized spacial score (nSPS) is 11.8. The van der Waals surface area contributed by atoms with Crippen LogP contribution in [-0.2, 0) is 14.3 Å². The van der Waals surface area contributed by atoms with Crippen LogP contribution in [0.15, 0.2) is 30.3 Å². The van der Waals surface area contributed by atoms with Gasteiger partial charge in [0, 0.05) is 18.1 Å². The van der Waals surface area contributed by atoms with Crippen molar-refractivity contribution < 1.29 is 19.1 Å². The van der Waals surface area contributed by atoms with Crippen molar-refractivity contribution in [2.75, 3.05) is 7.05 Å². The van der Waals surface area contributed by atoms with Gasteiger partial charge in [-0.1, -0.05) is 29.8 Å². The van der Waals surface area contributed by atoms with Gasteiger partial charge in [-0.05, 0) is 24.6 Å². The second kappa shape index (κ2) is 8.06. The lowest BCUT2D eigenvalue weighted by Crippen LogP contribution is -2.43. The molecule has 0 aliphatic rings. The van der Waals surface area contributed by atoms with E-state index in [0.29, 0.717) is 10.6 Å². The molecular formula is C14H15ClN2O4. The van der Waals surface area contributed by atoms with Crippen LogP contribution in [0.2, 0.25) is 5.02 Å². The van der Waals surface area contributed by atoms with Crippen molar-refractivity contribution in [1.29, 1.82) is 0 Å². The number of hydrogen-bond donors (Lipinski definition) is 2. The number of carbonyl (C=O) groups excluding carboxylic acids is 3. The molecular weight excluding hydrogens is 296 g/mol.